The van der Waals surface area contributed by atoms with Crippen LogP contribution in [0, 0.1) is 6.92 Å². The minimum atomic E-state index is 0.577. The first-order valence-electron chi connectivity index (χ1n) is 5.72. The molecule has 0 aliphatic rings. The largest absolute Gasteiger partial charge is 0.439 e. The summed E-state index contributed by atoms with van der Waals surface area (Å²) in [6.45, 7) is 2.76. The molecule has 2 aromatic rings. The maximum absolute atomic E-state index is 5.95. The first kappa shape index (κ1) is 12.9. The van der Waals surface area contributed by atoms with Gasteiger partial charge in [-0.25, -0.2) is 4.98 Å². The van der Waals surface area contributed by atoms with Gasteiger partial charge < -0.3 is 10.1 Å². The Morgan fingerprint density at radius 2 is 2.11 bits per heavy atom. The van der Waals surface area contributed by atoms with Gasteiger partial charge in [0, 0.05) is 23.8 Å². The fourth-order valence-corrected chi connectivity index (χ4v) is 1.78. The van der Waals surface area contributed by atoms with Crippen LogP contribution in [0.1, 0.15) is 11.1 Å². The van der Waals surface area contributed by atoms with Crippen molar-refractivity contribution in [2.75, 3.05) is 7.05 Å². The van der Waals surface area contributed by atoms with E-state index in [1.807, 2.05) is 38.2 Å². The van der Waals surface area contributed by atoms with Crippen molar-refractivity contribution in [2.45, 2.75) is 13.5 Å². The highest BCUT2D eigenvalue weighted by molar-refractivity contribution is 6.30. The van der Waals surface area contributed by atoms with Crippen LogP contribution in [0.25, 0.3) is 0 Å². The van der Waals surface area contributed by atoms with Crippen LogP contribution in [0.15, 0.2) is 36.5 Å². The minimum absolute atomic E-state index is 0.577. The predicted octanol–water partition coefficient (Wildman–Crippen LogP) is 3.56. The molecule has 94 valence electrons. The molecule has 0 amide bonds. The lowest BCUT2D eigenvalue weighted by atomic mass is 10.2. The lowest BCUT2D eigenvalue weighted by molar-refractivity contribution is 0.458. The van der Waals surface area contributed by atoms with Gasteiger partial charge in [-0.1, -0.05) is 17.7 Å². The molecule has 4 heteroatoms. The van der Waals surface area contributed by atoms with E-state index in [-0.39, 0.29) is 0 Å². The highest BCUT2D eigenvalue weighted by atomic mass is 35.5. The van der Waals surface area contributed by atoms with Gasteiger partial charge in [0.1, 0.15) is 5.75 Å². The summed E-state index contributed by atoms with van der Waals surface area (Å²) in [5, 5.41) is 3.75. The monoisotopic (exact) mass is 262 g/mol. The summed E-state index contributed by atoms with van der Waals surface area (Å²) in [7, 11) is 1.90. The predicted molar refractivity (Wildman–Crippen MR) is 73.3 cm³/mol. The van der Waals surface area contributed by atoms with E-state index in [9.17, 15) is 0 Å². The van der Waals surface area contributed by atoms with E-state index in [2.05, 4.69) is 10.3 Å². The molecule has 0 atom stereocenters. The van der Waals surface area contributed by atoms with Crippen LogP contribution in [-0.2, 0) is 6.54 Å². The highest BCUT2D eigenvalue weighted by Gasteiger charge is 2.04. The zero-order valence-corrected chi connectivity index (χ0v) is 11.2. The zero-order chi connectivity index (χ0) is 13.0. The van der Waals surface area contributed by atoms with Gasteiger partial charge in [0.25, 0.3) is 0 Å². The van der Waals surface area contributed by atoms with Crippen LogP contribution in [-0.4, -0.2) is 12.0 Å². The Hall–Kier alpha value is -1.58. The second kappa shape index (κ2) is 5.85. The van der Waals surface area contributed by atoms with E-state index in [0.717, 1.165) is 23.4 Å². The molecule has 0 unspecified atom stereocenters. The van der Waals surface area contributed by atoms with E-state index in [1.165, 1.54) is 0 Å². The number of aromatic nitrogens is 1. The smallest absolute Gasteiger partial charge is 0.219 e. The van der Waals surface area contributed by atoms with Gasteiger partial charge >= 0.3 is 0 Å². The molecule has 0 saturated carbocycles. The lowest BCUT2D eigenvalue weighted by Gasteiger charge is -2.09. The SMILES string of the molecule is CNCc1ccnc(Oc2cc(Cl)ccc2C)c1. The van der Waals surface area contributed by atoms with Gasteiger partial charge in [0.05, 0.1) is 0 Å². The zero-order valence-electron chi connectivity index (χ0n) is 10.4. The van der Waals surface area contributed by atoms with Crippen LogP contribution >= 0.6 is 11.6 Å². The third kappa shape index (κ3) is 3.22. The number of halogens is 1. The fourth-order valence-electron chi connectivity index (χ4n) is 1.62. The number of hydrogen-bond donors (Lipinski definition) is 1. The molecule has 1 heterocycles. The summed E-state index contributed by atoms with van der Waals surface area (Å²) in [6.07, 6.45) is 1.74. The quantitative estimate of drug-likeness (QED) is 0.915. The van der Waals surface area contributed by atoms with Crippen molar-refractivity contribution >= 4 is 11.6 Å². The van der Waals surface area contributed by atoms with E-state index >= 15 is 0 Å². The molecule has 1 aromatic carbocycles. The molecule has 2 rings (SSSR count). The maximum Gasteiger partial charge on any atom is 0.219 e. The summed E-state index contributed by atoms with van der Waals surface area (Å²) >= 11 is 5.95. The number of hydrogen-bond acceptors (Lipinski definition) is 3. The Labute approximate surface area is 112 Å². The van der Waals surface area contributed by atoms with Gasteiger partial charge in [0.2, 0.25) is 5.88 Å². The normalized spacial score (nSPS) is 10.4. The van der Waals surface area contributed by atoms with Crippen molar-refractivity contribution in [1.29, 1.82) is 0 Å². The number of benzene rings is 1. The van der Waals surface area contributed by atoms with Gasteiger partial charge in [-0.2, -0.15) is 0 Å². The van der Waals surface area contributed by atoms with Gasteiger partial charge in [-0.3, -0.25) is 0 Å². The first-order valence-corrected chi connectivity index (χ1v) is 6.10. The topological polar surface area (TPSA) is 34.2 Å². The van der Waals surface area contributed by atoms with Crippen LogP contribution in [0.5, 0.6) is 11.6 Å². The molecular weight excluding hydrogens is 248 g/mol. The average molecular weight is 263 g/mol. The maximum atomic E-state index is 5.95. The molecule has 1 N–H and O–H groups in total. The number of ether oxygens (including phenoxy) is 1. The molecular formula is C14H15ClN2O. The molecule has 1 aromatic heterocycles. The Bertz CT molecular complexity index is 543. The van der Waals surface area contributed by atoms with Crippen molar-refractivity contribution in [3.63, 3.8) is 0 Å². The van der Waals surface area contributed by atoms with Crippen LogP contribution in [0.2, 0.25) is 5.02 Å². The van der Waals surface area contributed by atoms with E-state index < -0.39 is 0 Å². The number of rotatable bonds is 4. The first-order chi connectivity index (χ1) is 8.69. The Kier molecular flexibility index (Phi) is 4.18. The molecule has 0 aliphatic carbocycles. The Balaban J connectivity index is 2.22. The highest BCUT2D eigenvalue weighted by Crippen LogP contribution is 2.27. The van der Waals surface area contributed by atoms with Crippen molar-refractivity contribution in [3.05, 3.63) is 52.7 Å². The molecule has 0 spiro atoms. The van der Waals surface area contributed by atoms with Crippen LogP contribution in [0.3, 0.4) is 0 Å². The molecule has 0 saturated heterocycles. The van der Waals surface area contributed by atoms with Crippen molar-refractivity contribution in [3.8, 4) is 11.6 Å². The summed E-state index contributed by atoms with van der Waals surface area (Å²) < 4.78 is 5.75. The molecule has 0 fully saturated rings. The molecule has 0 radical (unpaired) electrons. The van der Waals surface area contributed by atoms with Crippen LogP contribution < -0.4 is 10.1 Å². The Morgan fingerprint density at radius 1 is 1.28 bits per heavy atom. The van der Waals surface area contributed by atoms with E-state index in [1.54, 1.807) is 12.3 Å². The Morgan fingerprint density at radius 3 is 2.89 bits per heavy atom. The number of aryl methyl sites for hydroxylation is 1. The third-order valence-corrected chi connectivity index (χ3v) is 2.78. The van der Waals surface area contributed by atoms with Gasteiger partial charge in [-0.15, -0.1) is 0 Å². The molecule has 0 aliphatic heterocycles. The van der Waals surface area contributed by atoms with E-state index in [4.69, 9.17) is 16.3 Å². The molecule has 18 heavy (non-hydrogen) atoms. The lowest BCUT2D eigenvalue weighted by Crippen LogP contribution is -2.05. The third-order valence-electron chi connectivity index (χ3n) is 2.54. The minimum Gasteiger partial charge on any atom is -0.439 e. The fraction of sp³-hybridized carbons (Fsp3) is 0.214. The summed E-state index contributed by atoms with van der Waals surface area (Å²) in [5.74, 6) is 1.31. The second-order valence-corrected chi connectivity index (χ2v) is 4.48. The number of nitrogens with one attached hydrogen (secondary N) is 1. The summed E-state index contributed by atoms with van der Waals surface area (Å²) in [5.41, 5.74) is 2.16. The standard InChI is InChI=1S/C14H15ClN2O/c1-10-3-4-12(15)8-13(10)18-14-7-11(9-16-2)5-6-17-14/h3-8,16H,9H2,1-2H3. The summed E-state index contributed by atoms with van der Waals surface area (Å²) in [4.78, 5) is 4.19. The van der Waals surface area contributed by atoms with Crippen molar-refractivity contribution < 1.29 is 4.74 Å². The van der Waals surface area contributed by atoms with Crippen LogP contribution in [0.4, 0.5) is 0 Å². The van der Waals surface area contributed by atoms with Gasteiger partial charge in [0.15, 0.2) is 0 Å². The van der Waals surface area contributed by atoms with E-state index in [0.29, 0.717) is 10.9 Å². The average Bonchev–Trinajstić information content (AvgIpc) is 2.35. The van der Waals surface area contributed by atoms with Gasteiger partial charge in [-0.05, 0) is 43.3 Å². The summed E-state index contributed by atoms with van der Waals surface area (Å²) in [6, 6.07) is 9.43. The van der Waals surface area contributed by atoms with Crippen molar-refractivity contribution in [2.24, 2.45) is 0 Å². The second-order valence-electron chi connectivity index (χ2n) is 4.04. The van der Waals surface area contributed by atoms with Crippen molar-refractivity contribution in [1.82, 2.24) is 10.3 Å². The molecule has 3 nitrogen and oxygen atoms in total. The number of nitrogens with zero attached hydrogens (tertiary/aromatic N) is 1. The number of pyridine rings is 1. The molecule has 0 bridgehead atoms.